The van der Waals surface area contributed by atoms with Gasteiger partial charge >= 0.3 is 5.97 Å². The summed E-state index contributed by atoms with van der Waals surface area (Å²) in [5.74, 6) is -1.49. The van der Waals surface area contributed by atoms with Crippen LogP contribution in [-0.4, -0.2) is 22.0 Å². The zero-order chi connectivity index (χ0) is 13.0. The van der Waals surface area contributed by atoms with Crippen LogP contribution in [-0.2, 0) is 9.59 Å². The van der Waals surface area contributed by atoms with Gasteiger partial charge in [-0.05, 0) is 31.4 Å². The Morgan fingerprint density at radius 2 is 2.11 bits per heavy atom. The summed E-state index contributed by atoms with van der Waals surface area (Å²) in [7, 11) is 0. The maximum atomic E-state index is 12.0. The molecule has 0 aliphatic heterocycles. The lowest BCUT2D eigenvalue weighted by Crippen LogP contribution is -2.30. The lowest BCUT2D eigenvalue weighted by atomic mass is 9.81. The predicted octanol–water partition coefficient (Wildman–Crippen LogP) is 1.91. The Morgan fingerprint density at radius 1 is 1.33 bits per heavy atom. The van der Waals surface area contributed by atoms with Crippen LogP contribution in [0.4, 0.5) is 5.69 Å². The fraction of sp³-hybridized carbons (Fsp3) is 0.462. The summed E-state index contributed by atoms with van der Waals surface area (Å²) in [4.78, 5) is 26.9. The first-order valence-electron chi connectivity index (χ1n) is 6.10. The maximum absolute atomic E-state index is 12.0. The van der Waals surface area contributed by atoms with Crippen molar-refractivity contribution in [2.45, 2.75) is 25.7 Å². The van der Waals surface area contributed by atoms with Crippen LogP contribution in [0.1, 0.15) is 25.7 Å². The summed E-state index contributed by atoms with van der Waals surface area (Å²) in [6, 6.07) is 3.51. The minimum absolute atomic E-state index is 0.103. The Labute approximate surface area is 105 Å². The molecule has 5 nitrogen and oxygen atoms in total. The van der Waals surface area contributed by atoms with E-state index >= 15 is 0 Å². The van der Waals surface area contributed by atoms with Crippen LogP contribution >= 0.6 is 0 Å². The van der Waals surface area contributed by atoms with Gasteiger partial charge in [-0.3, -0.25) is 14.6 Å². The van der Waals surface area contributed by atoms with E-state index in [1.165, 1.54) is 0 Å². The van der Waals surface area contributed by atoms with Gasteiger partial charge in [0.15, 0.2) is 0 Å². The Kier molecular flexibility index (Phi) is 3.92. The third kappa shape index (κ3) is 3.06. The van der Waals surface area contributed by atoms with Crippen LogP contribution in [0.3, 0.4) is 0 Å². The highest BCUT2D eigenvalue weighted by atomic mass is 16.4. The molecular formula is C13H16N2O3. The van der Waals surface area contributed by atoms with E-state index in [0.717, 1.165) is 12.8 Å². The number of amides is 1. The van der Waals surface area contributed by atoms with Crippen molar-refractivity contribution in [3.8, 4) is 0 Å². The number of pyridine rings is 1. The van der Waals surface area contributed by atoms with Crippen LogP contribution in [0.25, 0.3) is 0 Å². The lowest BCUT2D eigenvalue weighted by molar-refractivity contribution is -0.143. The van der Waals surface area contributed by atoms with E-state index in [0.29, 0.717) is 18.5 Å². The monoisotopic (exact) mass is 248 g/mol. The van der Waals surface area contributed by atoms with E-state index in [9.17, 15) is 9.59 Å². The summed E-state index contributed by atoms with van der Waals surface area (Å²) in [5, 5.41) is 11.8. The highest BCUT2D eigenvalue weighted by molar-refractivity contribution is 5.92. The second-order valence-corrected chi connectivity index (χ2v) is 4.63. The number of nitrogens with one attached hydrogen (secondary N) is 1. The first-order chi connectivity index (χ1) is 8.66. The molecule has 1 aliphatic rings. The molecule has 5 heteroatoms. The summed E-state index contributed by atoms with van der Waals surface area (Å²) in [5.41, 5.74) is 0.653. The molecule has 0 unspecified atom stereocenters. The van der Waals surface area contributed by atoms with E-state index in [4.69, 9.17) is 5.11 Å². The Balaban J connectivity index is 1.95. The Hall–Kier alpha value is -1.91. The second-order valence-electron chi connectivity index (χ2n) is 4.63. The van der Waals surface area contributed by atoms with Crippen LogP contribution < -0.4 is 5.32 Å². The van der Waals surface area contributed by atoms with Crippen molar-refractivity contribution in [3.63, 3.8) is 0 Å². The molecular weight excluding hydrogens is 232 g/mol. The molecule has 0 aromatic carbocycles. The zero-order valence-electron chi connectivity index (χ0n) is 10.0. The highest BCUT2D eigenvalue weighted by Crippen LogP contribution is 2.30. The highest BCUT2D eigenvalue weighted by Gasteiger charge is 2.30. The summed E-state index contributed by atoms with van der Waals surface area (Å²) < 4.78 is 0. The standard InChI is InChI=1S/C13H16N2O3/c16-12(15-11-5-2-6-14-8-11)9-3-1-4-10(7-9)13(17)18/h2,5-6,8-10H,1,3-4,7H2,(H,15,16)(H,17,18)/t9-,10-/m0/s1. The molecule has 18 heavy (non-hydrogen) atoms. The predicted molar refractivity (Wildman–Crippen MR) is 66.0 cm³/mol. The molecule has 0 radical (unpaired) electrons. The summed E-state index contributed by atoms with van der Waals surface area (Å²) >= 11 is 0. The van der Waals surface area contributed by atoms with Crippen molar-refractivity contribution in [2.24, 2.45) is 11.8 Å². The van der Waals surface area contributed by atoms with Gasteiger partial charge in [-0.25, -0.2) is 0 Å². The number of carbonyl (C=O) groups is 2. The van der Waals surface area contributed by atoms with Crippen molar-refractivity contribution in [3.05, 3.63) is 24.5 Å². The molecule has 0 bridgehead atoms. The van der Waals surface area contributed by atoms with Crippen LogP contribution in [0.2, 0.25) is 0 Å². The molecule has 0 saturated heterocycles. The topological polar surface area (TPSA) is 79.3 Å². The molecule has 0 spiro atoms. The number of hydrogen-bond acceptors (Lipinski definition) is 3. The number of nitrogens with zero attached hydrogens (tertiary/aromatic N) is 1. The normalized spacial score (nSPS) is 23.3. The average molecular weight is 248 g/mol. The summed E-state index contributed by atoms with van der Waals surface area (Å²) in [6.07, 6.45) is 5.87. The zero-order valence-corrected chi connectivity index (χ0v) is 10.0. The number of carbonyl (C=O) groups excluding carboxylic acids is 1. The fourth-order valence-electron chi connectivity index (χ4n) is 2.33. The van der Waals surface area contributed by atoms with Gasteiger partial charge in [-0.1, -0.05) is 6.42 Å². The number of anilines is 1. The fourth-order valence-corrected chi connectivity index (χ4v) is 2.33. The SMILES string of the molecule is O=C(O)[C@H]1CCC[C@H](C(=O)Nc2cccnc2)C1. The third-order valence-corrected chi connectivity index (χ3v) is 3.32. The number of carboxylic acid groups (broad SMARTS) is 1. The summed E-state index contributed by atoms with van der Waals surface area (Å²) in [6.45, 7) is 0. The molecule has 2 rings (SSSR count). The number of aliphatic carboxylic acids is 1. The molecule has 1 aromatic rings. The molecule has 2 N–H and O–H groups in total. The quantitative estimate of drug-likeness (QED) is 0.856. The van der Waals surface area contributed by atoms with Crippen molar-refractivity contribution in [1.82, 2.24) is 4.98 Å². The molecule has 96 valence electrons. The molecule has 2 atom stereocenters. The molecule has 1 amide bonds. The molecule has 1 aromatic heterocycles. The van der Waals surface area contributed by atoms with E-state index in [2.05, 4.69) is 10.3 Å². The molecule has 1 saturated carbocycles. The molecule has 1 aliphatic carbocycles. The average Bonchev–Trinajstić information content (AvgIpc) is 2.40. The van der Waals surface area contributed by atoms with Gasteiger partial charge in [-0.15, -0.1) is 0 Å². The van der Waals surface area contributed by atoms with Gasteiger partial charge in [0, 0.05) is 12.1 Å². The first kappa shape index (κ1) is 12.5. The lowest BCUT2D eigenvalue weighted by Gasteiger charge is -2.25. The van der Waals surface area contributed by atoms with E-state index in [1.54, 1.807) is 24.5 Å². The van der Waals surface area contributed by atoms with E-state index in [-0.39, 0.29) is 17.7 Å². The largest absolute Gasteiger partial charge is 0.481 e. The van der Waals surface area contributed by atoms with Crippen molar-refractivity contribution >= 4 is 17.6 Å². The minimum Gasteiger partial charge on any atom is -0.481 e. The number of hydrogen-bond donors (Lipinski definition) is 2. The van der Waals surface area contributed by atoms with Crippen molar-refractivity contribution < 1.29 is 14.7 Å². The first-order valence-corrected chi connectivity index (χ1v) is 6.10. The molecule has 1 fully saturated rings. The second kappa shape index (κ2) is 5.62. The molecule has 1 heterocycles. The smallest absolute Gasteiger partial charge is 0.306 e. The Morgan fingerprint density at radius 3 is 2.78 bits per heavy atom. The van der Waals surface area contributed by atoms with Gasteiger partial charge in [0.1, 0.15) is 0 Å². The van der Waals surface area contributed by atoms with Gasteiger partial charge in [0.05, 0.1) is 17.8 Å². The number of carboxylic acids is 1. The van der Waals surface area contributed by atoms with Crippen LogP contribution in [0.15, 0.2) is 24.5 Å². The van der Waals surface area contributed by atoms with Gasteiger partial charge in [0.2, 0.25) is 5.91 Å². The number of rotatable bonds is 3. The van der Waals surface area contributed by atoms with Crippen LogP contribution in [0, 0.1) is 11.8 Å². The van der Waals surface area contributed by atoms with Crippen LogP contribution in [0.5, 0.6) is 0 Å². The van der Waals surface area contributed by atoms with Gasteiger partial charge in [-0.2, -0.15) is 0 Å². The maximum Gasteiger partial charge on any atom is 0.306 e. The number of aromatic nitrogens is 1. The van der Waals surface area contributed by atoms with Crippen molar-refractivity contribution in [2.75, 3.05) is 5.32 Å². The Bertz CT molecular complexity index is 433. The third-order valence-electron chi connectivity index (χ3n) is 3.32. The van der Waals surface area contributed by atoms with Gasteiger partial charge in [0.25, 0.3) is 0 Å². The van der Waals surface area contributed by atoms with Crippen molar-refractivity contribution in [1.29, 1.82) is 0 Å². The van der Waals surface area contributed by atoms with Gasteiger partial charge < -0.3 is 10.4 Å². The van der Waals surface area contributed by atoms with E-state index in [1.807, 2.05) is 0 Å². The minimum atomic E-state index is -0.797. The van der Waals surface area contributed by atoms with E-state index < -0.39 is 5.97 Å².